The number of hydrogen-bond donors (Lipinski definition) is 0. The van der Waals surface area contributed by atoms with Crippen molar-refractivity contribution in [3.05, 3.63) is 56.8 Å². The Labute approximate surface area is 183 Å². The number of anilines is 1. The van der Waals surface area contributed by atoms with Gasteiger partial charge >= 0.3 is 0 Å². The number of rotatable bonds is 4. The number of amides is 1. The fourth-order valence-corrected chi connectivity index (χ4v) is 4.69. The summed E-state index contributed by atoms with van der Waals surface area (Å²) >= 11 is 6.13. The van der Waals surface area contributed by atoms with Gasteiger partial charge in [0.15, 0.2) is 5.43 Å². The first-order valence-corrected chi connectivity index (χ1v) is 10.5. The molecule has 8 nitrogen and oxygen atoms in total. The Balaban J connectivity index is 1.46. The van der Waals surface area contributed by atoms with Crippen molar-refractivity contribution in [2.45, 2.75) is 38.6 Å². The molecule has 2 aliphatic heterocycles. The van der Waals surface area contributed by atoms with Crippen molar-refractivity contribution in [3.8, 4) is 17.1 Å². The lowest BCUT2D eigenvalue weighted by Gasteiger charge is -2.19. The maximum Gasteiger partial charge on any atom is 0.232 e. The summed E-state index contributed by atoms with van der Waals surface area (Å²) in [5.41, 5.74) is 2.89. The van der Waals surface area contributed by atoms with Crippen LogP contribution in [-0.2, 0) is 17.8 Å². The van der Waals surface area contributed by atoms with Crippen LogP contribution in [0.2, 0.25) is 5.02 Å². The van der Waals surface area contributed by atoms with Crippen molar-refractivity contribution < 1.29 is 14.1 Å². The molecular formula is C22H21ClN4O4. The molecule has 2 aromatic heterocycles. The van der Waals surface area contributed by atoms with E-state index in [-0.39, 0.29) is 29.5 Å². The number of methoxy groups -OCH3 is 1. The Bertz CT molecular complexity index is 1250. The minimum atomic E-state index is -0.279. The topological polar surface area (TPSA) is 90.5 Å². The molecule has 0 saturated carbocycles. The highest BCUT2D eigenvalue weighted by Crippen LogP contribution is 2.38. The maximum absolute atomic E-state index is 12.7. The molecule has 9 heteroatoms. The fourth-order valence-electron chi connectivity index (χ4n) is 4.53. The Morgan fingerprint density at radius 3 is 2.90 bits per heavy atom. The highest BCUT2D eigenvalue weighted by Gasteiger charge is 2.37. The number of aromatic nitrogens is 3. The Kier molecular flexibility index (Phi) is 4.81. The molecule has 3 aromatic rings. The summed E-state index contributed by atoms with van der Waals surface area (Å²) in [6.07, 6.45) is 2.01. The van der Waals surface area contributed by atoms with E-state index in [1.165, 1.54) is 0 Å². The third-order valence-corrected chi connectivity index (χ3v) is 6.23. The van der Waals surface area contributed by atoms with Crippen molar-refractivity contribution in [3.63, 3.8) is 0 Å². The summed E-state index contributed by atoms with van der Waals surface area (Å²) in [6, 6.07) is 6.77. The lowest BCUT2D eigenvalue weighted by atomic mass is 10.1. The third-order valence-electron chi connectivity index (χ3n) is 5.99. The second kappa shape index (κ2) is 7.53. The third kappa shape index (κ3) is 3.31. The van der Waals surface area contributed by atoms with Crippen LogP contribution in [0, 0.1) is 6.92 Å². The van der Waals surface area contributed by atoms with Crippen LogP contribution in [-0.4, -0.2) is 34.3 Å². The van der Waals surface area contributed by atoms with Crippen LogP contribution in [0.25, 0.3) is 11.4 Å². The predicted octanol–water partition coefficient (Wildman–Crippen LogP) is 3.34. The van der Waals surface area contributed by atoms with Crippen LogP contribution in [0.15, 0.2) is 33.6 Å². The molecule has 1 aromatic carbocycles. The molecule has 1 atom stereocenters. The maximum atomic E-state index is 12.7. The van der Waals surface area contributed by atoms with Crippen molar-refractivity contribution >= 4 is 23.2 Å². The minimum Gasteiger partial charge on any atom is -0.495 e. The quantitative estimate of drug-likeness (QED) is 0.618. The van der Waals surface area contributed by atoms with Crippen LogP contribution in [0.3, 0.4) is 0 Å². The highest BCUT2D eigenvalue weighted by atomic mass is 35.5. The first-order chi connectivity index (χ1) is 15.0. The number of ether oxygens (including phenoxy) is 1. The van der Waals surface area contributed by atoms with E-state index in [0.717, 1.165) is 30.8 Å². The van der Waals surface area contributed by atoms with Gasteiger partial charge in [-0.15, -0.1) is 0 Å². The number of fused-ring (bicyclic) bond motifs is 1. The number of pyridine rings is 1. The van der Waals surface area contributed by atoms with Gasteiger partial charge in [0.05, 0.1) is 24.3 Å². The smallest absolute Gasteiger partial charge is 0.232 e. The minimum absolute atomic E-state index is 0.0818. The molecule has 0 spiro atoms. The molecule has 31 heavy (non-hydrogen) atoms. The van der Waals surface area contributed by atoms with E-state index in [1.54, 1.807) is 36.3 Å². The molecule has 1 amide bonds. The second-order valence-electron chi connectivity index (χ2n) is 7.90. The standard InChI is InChI=1S/C22H21ClN4O4/c1-12-8-17(28)20(15-4-3-7-26(12)15)21-24-22(31-25-21)13-9-19(29)27(11-13)16-10-14(23)5-6-18(16)30-2/h5-6,8,10,13H,3-4,7,9,11H2,1-2H3/t13-/m0/s1. The van der Waals surface area contributed by atoms with Crippen molar-refractivity contribution in [1.82, 2.24) is 14.7 Å². The molecule has 0 radical (unpaired) electrons. The van der Waals surface area contributed by atoms with E-state index >= 15 is 0 Å². The number of halogens is 1. The average molecular weight is 441 g/mol. The normalized spacial score (nSPS) is 18.0. The summed E-state index contributed by atoms with van der Waals surface area (Å²) in [7, 11) is 1.55. The molecule has 160 valence electrons. The number of hydrogen-bond acceptors (Lipinski definition) is 6. The highest BCUT2D eigenvalue weighted by molar-refractivity contribution is 6.31. The van der Waals surface area contributed by atoms with Crippen LogP contribution in [0.4, 0.5) is 5.69 Å². The average Bonchev–Trinajstić information content (AvgIpc) is 3.48. The predicted molar refractivity (Wildman–Crippen MR) is 115 cm³/mol. The SMILES string of the molecule is COc1ccc(Cl)cc1N1C[C@@H](c2nc(-c3c4n(c(C)cc3=O)CCC4)no2)CC1=O. The molecule has 0 aliphatic carbocycles. The van der Waals surface area contributed by atoms with Gasteiger partial charge in [0.25, 0.3) is 0 Å². The van der Waals surface area contributed by atoms with Crippen molar-refractivity contribution in [2.24, 2.45) is 0 Å². The zero-order valence-corrected chi connectivity index (χ0v) is 18.0. The summed E-state index contributed by atoms with van der Waals surface area (Å²) < 4.78 is 13.0. The number of carbonyl (C=O) groups is 1. The Hall–Kier alpha value is -3.13. The van der Waals surface area contributed by atoms with Crippen LogP contribution in [0.5, 0.6) is 5.75 Å². The zero-order valence-electron chi connectivity index (χ0n) is 17.2. The molecule has 0 bridgehead atoms. The van der Waals surface area contributed by atoms with Crippen LogP contribution >= 0.6 is 11.6 Å². The van der Waals surface area contributed by atoms with Gasteiger partial charge in [-0.1, -0.05) is 16.8 Å². The van der Waals surface area contributed by atoms with E-state index in [0.29, 0.717) is 34.5 Å². The first kappa shape index (κ1) is 19.8. The largest absolute Gasteiger partial charge is 0.495 e. The number of aryl methyl sites for hydroxylation is 1. The number of nitrogens with zero attached hydrogens (tertiary/aromatic N) is 4. The van der Waals surface area contributed by atoms with Gasteiger partial charge in [0.2, 0.25) is 17.6 Å². The molecule has 1 saturated heterocycles. The fraction of sp³-hybridized carbons (Fsp3) is 0.364. The summed E-state index contributed by atoms with van der Waals surface area (Å²) in [5, 5.41) is 4.61. The summed E-state index contributed by atoms with van der Waals surface area (Å²) in [5.74, 6) is 0.841. The summed E-state index contributed by atoms with van der Waals surface area (Å²) in [4.78, 5) is 31.6. The number of benzene rings is 1. The molecule has 4 heterocycles. The zero-order chi connectivity index (χ0) is 21.7. The Morgan fingerprint density at radius 1 is 1.26 bits per heavy atom. The molecule has 0 N–H and O–H groups in total. The van der Waals surface area contributed by atoms with Crippen molar-refractivity contribution in [1.29, 1.82) is 0 Å². The van der Waals surface area contributed by atoms with Gasteiger partial charge in [-0.2, -0.15) is 4.98 Å². The van der Waals surface area contributed by atoms with Gasteiger partial charge in [0, 0.05) is 42.0 Å². The lowest BCUT2D eigenvalue weighted by Crippen LogP contribution is -2.24. The Morgan fingerprint density at radius 2 is 2.10 bits per heavy atom. The number of carbonyl (C=O) groups excluding carboxylic acids is 1. The molecule has 0 unspecified atom stereocenters. The first-order valence-electron chi connectivity index (χ1n) is 10.2. The van der Waals surface area contributed by atoms with E-state index in [4.69, 9.17) is 20.9 Å². The monoisotopic (exact) mass is 440 g/mol. The van der Waals surface area contributed by atoms with E-state index in [9.17, 15) is 9.59 Å². The van der Waals surface area contributed by atoms with Gasteiger partial charge in [-0.05, 0) is 38.0 Å². The van der Waals surface area contributed by atoms with Crippen molar-refractivity contribution in [2.75, 3.05) is 18.6 Å². The van der Waals surface area contributed by atoms with E-state index in [1.807, 2.05) is 6.92 Å². The van der Waals surface area contributed by atoms with Gasteiger partial charge in [-0.3, -0.25) is 9.59 Å². The second-order valence-corrected chi connectivity index (χ2v) is 8.34. The molecule has 2 aliphatic rings. The van der Waals surface area contributed by atoms with Crippen LogP contribution in [0.1, 0.15) is 36.0 Å². The van der Waals surface area contributed by atoms with E-state index in [2.05, 4.69) is 14.7 Å². The van der Waals surface area contributed by atoms with E-state index < -0.39 is 0 Å². The molecule has 1 fully saturated rings. The summed E-state index contributed by atoms with van der Waals surface area (Å²) in [6.45, 7) is 3.18. The van der Waals surface area contributed by atoms with Gasteiger partial charge in [0.1, 0.15) is 5.75 Å². The van der Waals surface area contributed by atoms with Gasteiger partial charge in [-0.25, -0.2) is 0 Å². The van der Waals surface area contributed by atoms with Gasteiger partial charge < -0.3 is 18.7 Å². The van der Waals surface area contributed by atoms with Crippen LogP contribution < -0.4 is 15.1 Å². The molecule has 5 rings (SSSR count). The molecular weight excluding hydrogens is 420 g/mol. The lowest BCUT2D eigenvalue weighted by molar-refractivity contribution is -0.117.